The molecular weight excluding hydrogens is 370 g/mol. The minimum absolute atomic E-state index is 0.00959. The SMILES string of the molecule is CCc1ccccc1NC(=O)CN1CCN(C(=O)c2cc3c(s2)CCC3)CC1. The van der Waals surface area contributed by atoms with Gasteiger partial charge in [-0.1, -0.05) is 25.1 Å². The van der Waals surface area contributed by atoms with Gasteiger partial charge in [-0.25, -0.2) is 0 Å². The molecule has 2 heterocycles. The summed E-state index contributed by atoms with van der Waals surface area (Å²) < 4.78 is 0. The Morgan fingerprint density at radius 2 is 1.89 bits per heavy atom. The maximum absolute atomic E-state index is 12.8. The van der Waals surface area contributed by atoms with E-state index in [-0.39, 0.29) is 11.8 Å². The first-order chi connectivity index (χ1) is 13.6. The van der Waals surface area contributed by atoms with E-state index in [1.54, 1.807) is 11.3 Å². The molecule has 1 saturated heterocycles. The van der Waals surface area contributed by atoms with Gasteiger partial charge in [-0.2, -0.15) is 0 Å². The fourth-order valence-corrected chi connectivity index (χ4v) is 5.26. The van der Waals surface area contributed by atoms with E-state index in [0.717, 1.165) is 48.5 Å². The van der Waals surface area contributed by atoms with Gasteiger partial charge in [-0.05, 0) is 48.9 Å². The molecule has 2 aliphatic rings. The van der Waals surface area contributed by atoms with Crippen LogP contribution in [0.15, 0.2) is 30.3 Å². The molecule has 0 atom stereocenters. The van der Waals surface area contributed by atoms with Crippen molar-refractivity contribution < 1.29 is 9.59 Å². The Morgan fingerprint density at radius 3 is 2.64 bits per heavy atom. The number of anilines is 1. The zero-order valence-corrected chi connectivity index (χ0v) is 17.2. The molecule has 2 amide bonds. The monoisotopic (exact) mass is 397 g/mol. The summed E-state index contributed by atoms with van der Waals surface area (Å²) in [6, 6.07) is 10.0. The zero-order chi connectivity index (χ0) is 19.5. The number of piperazine rings is 1. The molecular formula is C22H27N3O2S. The third-order valence-corrected chi connectivity index (χ3v) is 6.88. The van der Waals surface area contributed by atoms with E-state index in [1.165, 1.54) is 16.9 Å². The first-order valence-electron chi connectivity index (χ1n) is 10.1. The minimum Gasteiger partial charge on any atom is -0.335 e. The molecule has 1 aromatic heterocycles. The lowest BCUT2D eigenvalue weighted by atomic mass is 10.1. The van der Waals surface area contributed by atoms with Crippen LogP contribution >= 0.6 is 11.3 Å². The van der Waals surface area contributed by atoms with Crippen LogP contribution in [0.1, 0.15) is 39.0 Å². The molecule has 0 unspecified atom stereocenters. The van der Waals surface area contributed by atoms with Gasteiger partial charge in [0.2, 0.25) is 5.91 Å². The van der Waals surface area contributed by atoms with Crippen molar-refractivity contribution in [2.24, 2.45) is 0 Å². The van der Waals surface area contributed by atoms with Crippen LogP contribution in [-0.2, 0) is 24.1 Å². The number of carbonyl (C=O) groups is 2. The van der Waals surface area contributed by atoms with Gasteiger partial charge in [0, 0.05) is 36.7 Å². The van der Waals surface area contributed by atoms with E-state index in [2.05, 4.69) is 23.2 Å². The van der Waals surface area contributed by atoms with E-state index < -0.39 is 0 Å². The second kappa shape index (κ2) is 8.45. The molecule has 1 N–H and O–H groups in total. The highest BCUT2D eigenvalue weighted by atomic mass is 32.1. The summed E-state index contributed by atoms with van der Waals surface area (Å²) in [6.45, 7) is 5.29. The van der Waals surface area contributed by atoms with Gasteiger partial charge < -0.3 is 10.2 Å². The average molecular weight is 398 g/mol. The molecule has 1 aliphatic heterocycles. The van der Waals surface area contributed by atoms with Gasteiger partial charge in [0.15, 0.2) is 0 Å². The van der Waals surface area contributed by atoms with Gasteiger partial charge in [0.25, 0.3) is 5.91 Å². The molecule has 1 aliphatic carbocycles. The maximum atomic E-state index is 12.8. The molecule has 0 bridgehead atoms. The van der Waals surface area contributed by atoms with E-state index >= 15 is 0 Å². The van der Waals surface area contributed by atoms with Crippen LogP contribution in [0.4, 0.5) is 5.69 Å². The van der Waals surface area contributed by atoms with Crippen LogP contribution in [0.3, 0.4) is 0 Å². The zero-order valence-electron chi connectivity index (χ0n) is 16.4. The number of amides is 2. The molecule has 2 aromatic rings. The van der Waals surface area contributed by atoms with Gasteiger partial charge in [-0.3, -0.25) is 14.5 Å². The van der Waals surface area contributed by atoms with Crippen molar-refractivity contribution in [3.63, 3.8) is 0 Å². The minimum atomic E-state index is 0.00959. The summed E-state index contributed by atoms with van der Waals surface area (Å²) in [6.07, 6.45) is 4.35. The van der Waals surface area contributed by atoms with Gasteiger partial charge in [-0.15, -0.1) is 11.3 Å². The van der Waals surface area contributed by atoms with Crippen molar-refractivity contribution in [1.29, 1.82) is 0 Å². The Labute approximate surface area is 170 Å². The maximum Gasteiger partial charge on any atom is 0.264 e. The Morgan fingerprint density at radius 1 is 1.11 bits per heavy atom. The molecule has 4 rings (SSSR count). The van der Waals surface area contributed by atoms with Gasteiger partial charge in [0.1, 0.15) is 0 Å². The van der Waals surface area contributed by atoms with E-state index in [4.69, 9.17) is 0 Å². The molecule has 148 valence electrons. The van der Waals surface area contributed by atoms with Crippen LogP contribution < -0.4 is 5.32 Å². The Balaban J connectivity index is 1.28. The van der Waals surface area contributed by atoms with Crippen molar-refractivity contribution in [2.45, 2.75) is 32.6 Å². The molecule has 1 aromatic carbocycles. The molecule has 1 fully saturated rings. The molecule has 5 nitrogen and oxygen atoms in total. The first-order valence-corrected chi connectivity index (χ1v) is 11.0. The van der Waals surface area contributed by atoms with Crippen molar-refractivity contribution >= 4 is 28.8 Å². The summed E-state index contributed by atoms with van der Waals surface area (Å²) in [5, 5.41) is 3.03. The highest BCUT2D eigenvalue weighted by molar-refractivity contribution is 7.14. The summed E-state index contributed by atoms with van der Waals surface area (Å²) in [5.74, 6) is 0.163. The lowest BCUT2D eigenvalue weighted by molar-refractivity contribution is -0.117. The highest BCUT2D eigenvalue weighted by Gasteiger charge is 2.26. The van der Waals surface area contributed by atoms with Gasteiger partial charge >= 0.3 is 0 Å². The smallest absolute Gasteiger partial charge is 0.264 e. The number of rotatable bonds is 5. The fourth-order valence-electron chi connectivity index (χ4n) is 4.04. The third-order valence-electron chi connectivity index (χ3n) is 5.66. The predicted octanol–water partition coefficient (Wildman–Crippen LogP) is 3.20. The van der Waals surface area contributed by atoms with Crippen molar-refractivity contribution in [1.82, 2.24) is 9.80 Å². The van der Waals surface area contributed by atoms with Crippen LogP contribution in [-0.4, -0.2) is 54.3 Å². The van der Waals surface area contributed by atoms with E-state index in [1.807, 2.05) is 29.2 Å². The summed E-state index contributed by atoms with van der Waals surface area (Å²) in [5.41, 5.74) is 3.42. The quantitative estimate of drug-likeness (QED) is 0.843. The summed E-state index contributed by atoms with van der Waals surface area (Å²) in [7, 11) is 0. The number of hydrogen-bond donors (Lipinski definition) is 1. The molecule has 0 radical (unpaired) electrons. The molecule has 28 heavy (non-hydrogen) atoms. The number of benzene rings is 1. The largest absolute Gasteiger partial charge is 0.335 e. The average Bonchev–Trinajstić information content (AvgIpc) is 3.30. The van der Waals surface area contributed by atoms with Crippen LogP contribution in [0.2, 0.25) is 0 Å². The number of nitrogens with one attached hydrogen (secondary N) is 1. The standard InChI is InChI=1S/C22H27N3O2S/c1-2-16-6-3-4-8-18(16)23-21(26)15-24-10-12-25(13-11-24)22(27)20-14-17-7-5-9-19(17)28-20/h3-4,6,8,14H,2,5,7,9-13,15H2,1H3,(H,23,26). The second-order valence-electron chi connectivity index (χ2n) is 7.54. The van der Waals surface area contributed by atoms with E-state index in [9.17, 15) is 9.59 Å². The molecule has 0 spiro atoms. The summed E-state index contributed by atoms with van der Waals surface area (Å²) >= 11 is 1.67. The Hall–Kier alpha value is -2.18. The Kier molecular flexibility index (Phi) is 5.78. The molecule has 0 saturated carbocycles. The normalized spacial score (nSPS) is 16.8. The summed E-state index contributed by atoms with van der Waals surface area (Å²) in [4.78, 5) is 31.6. The predicted molar refractivity (Wildman–Crippen MR) is 113 cm³/mol. The first kappa shape index (κ1) is 19.2. The van der Waals surface area contributed by atoms with Gasteiger partial charge in [0.05, 0.1) is 11.4 Å². The molecule has 6 heteroatoms. The van der Waals surface area contributed by atoms with Crippen LogP contribution in [0.5, 0.6) is 0 Å². The van der Waals surface area contributed by atoms with Crippen molar-refractivity contribution in [2.75, 3.05) is 38.0 Å². The third kappa shape index (κ3) is 4.13. The van der Waals surface area contributed by atoms with Crippen molar-refractivity contribution in [3.05, 3.63) is 51.2 Å². The topological polar surface area (TPSA) is 52.7 Å². The van der Waals surface area contributed by atoms with Crippen molar-refractivity contribution in [3.8, 4) is 0 Å². The lowest BCUT2D eigenvalue weighted by Crippen LogP contribution is -2.50. The number of nitrogens with zero attached hydrogens (tertiary/aromatic N) is 2. The number of aryl methyl sites for hydroxylation is 3. The number of fused-ring (bicyclic) bond motifs is 1. The van der Waals surface area contributed by atoms with E-state index in [0.29, 0.717) is 19.6 Å². The number of hydrogen-bond acceptors (Lipinski definition) is 4. The fraction of sp³-hybridized carbons (Fsp3) is 0.455. The van der Waals surface area contributed by atoms with Crippen LogP contribution in [0, 0.1) is 0 Å². The highest BCUT2D eigenvalue weighted by Crippen LogP contribution is 2.31. The second-order valence-corrected chi connectivity index (χ2v) is 8.68. The van der Waals surface area contributed by atoms with Crippen LogP contribution in [0.25, 0.3) is 0 Å². The lowest BCUT2D eigenvalue weighted by Gasteiger charge is -2.34. The number of carbonyl (C=O) groups excluding carboxylic acids is 2. The Bertz CT molecular complexity index is 847. The number of thiophene rings is 1. The number of para-hydroxylation sites is 1.